The molecule has 5 heteroatoms. The molecule has 1 aliphatic rings. The maximum absolute atomic E-state index is 11.7. The van der Waals surface area contributed by atoms with Crippen molar-refractivity contribution < 1.29 is 30.0 Å². The molecule has 1 aliphatic carbocycles. The summed E-state index contributed by atoms with van der Waals surface area (Å²) in [4.78, 5) is 21.4. The molecule has 1 radical (unpaired) electrons. The van der Waals surface area contributed by atoms with Gasteiger partial charge in [-0.3, -0.25) is 9.78 Å². The predicted molar refractivity (Wildman–Crippen MR) is 206 cm³/mol. The zero-order valence-corrected chi connectivity index (χ0v) is 33.7. The molecule has 0 amide bonds. The zero-order chi connectivity index (χ0) is 35.5. The van der Waals surface area contributed by atoms with E-state index in [1.807, 2.05) is 27.7 Å². The molecule has 0 unspecified atom stereocenters. The SMILES string of the molecule is CC(C)(C)Cc1cc2c(c3ccccc13)C(C)(C)c1ncnc(-c3[c-]cc4ccccc4c3)c1-2.CCC(CC)C(=O)/C=C(\O)C(CC)CC.[Ir]. The van der Waals surface area contributed by atoms with E-state index in [2.05, 4.69) is 107 Å². The summed E-state index contributed by atoms with van der Waals surface area (Å²) in [5.74, 6) is 0.547. The van der Waals surface area contributed by atoms with Crippen LogP contribution in [0.3, 0.4) is 0 Å². The first kappa shape index (κ1) is 39.1. The van der Waals surface area contributed by atoms with Gasteiger partial charge in [-0.15, -0.1) is 29.1 Å². The van der Waals surface area contributed by atoms with Gasteiger partial charge in [0.05, 0.1) is 11.5 Å². The van der Waals surface area contributed by atoms with Crippen LogP contribution >= 0.6 is 0 Å². The fourth-order valence-electron chi connectivity index (χ4n) is 7.52. The number of rotatable bonds is 9. The van der Waals surface area contributed by atoms with Crippen LogP contribution in [0.1, 0.15) is 105 Å². The molecule has 1 aromatic heterocycles. The number of fused-ring (bicyclic) bond motifs is 6. The number of carbonyl (C=O) groups excluding carboxylic acids is 1. The van der Waals surface area contributed by atoms with Crippen molar-refractivity contribution in [2.45, 2.75) is 99.8 Å². The van der Waals surface area contributed by atoms with Crippen LogP contribution in [0.5, 0.6) is 0 Å². The van der Waals surface area contributed by atoms with Gasteiger partial charge in [-0.25, -0.2) is 4.98 Å². The van der Waals surface area contributed by atoms with Crippen molar-refractivity contribution in [2.24, 2.45) is 17.3 Å². The summed E-state index contributed by atoms with van der Waals surface area (Å²) >= 11 is 0. The monoisotopic (exact) mass is 846 g/mol. The van der Waals surface area contributed by atoms with Crippen LogP contribution in [0, 0.1) is 23.3 Å². The Kier molecular flexibility index (Phi) is 12.6. The second-order valence-corrected chi connectivity index (χ2v) is 15.3. The standard InChI is InChI=1S/C32H29N2.C13H24O2.Ir/c1-31(2,3)18-23-17-26-27-29(22-15-14-20-10-6-7-11-21(20)16-22)33-19-34-30(27)32(4,5)28(26)25-13-9-8-12-24(23)25;1-5-10(6-2)12(14)9-13(15)11(7-3)8-4;/h6-14,16-17,19H,18H2,1-5H3;9-11,14H,5-8H2,1-4H3;/q-1;;/b;12-9-;. The summed E-state index contributed by atoms with van der Waals surface area (Å²) in [5, 5.41) is 14.8. The Bertz CT molecular complexity index is 1990. The number of nitrogens with zero attached hydrogens (tertiary/aromatic N) is 2. The van der Waals surface area contributed by atoms with E-state index in [9.17, 15) is 9.90 Å². The van der Waals surface area contributed by atoms with Crippen molar-refractivity contribution in [3.8, 4) is 22.4 Å². The molecule has 4 aromatic carbocycles. The largest absolute Gasteiger partial charge is 0.512 e. The molecule has 0 fully saturated rings. The number of hydrogen-bond acceptors (Lipinski definition) is 4. The first-order valence-electron chi connectivity index (χ1n) is 18.1. The van der Waals surface area contributed by atoms with Crippen molar-refractivity contribution in [3.05, 3.63) is 108 Å². The van der Waals surface area contributed by atoms with Gasteiger partial charge in [-0.05, 0) is 76.2 Å². The van der Waals surface area contributed by atoms with E-state index in [1.165, 1.54) is 44.3 Å². The Balaban J connectivity index is 0.000000301. The Hall–Kier alpha value is -3.66. The molecule has 1 heterocycles. The van der Waals surface area contributed by atoms with Gasteiger partial charge in [-0.1, -0.05) is 122 Å². The summed E-state index contributed by atoms with van der Waals surface area (Å²) in [6.07, 6.45) is 7.65. The van der Waals surface area contributed by atoms with Crippen molar-refractivity contribution in [2.75, 3.05) is 0 Å². The molecule has 4 nitrogen and oxygen atoms in total. The van der Waals surface area contributed by atoms with E-state index in [0.29, 0.717) is 0 Å². The van der Waals surface area contributed by atoms with Crippen LogP contribution in [0.15, 0.2) is 84.9 Å². The summed E-state index contributed by atoms with van der Waals surface area (Å²) in [7, 11) is 0. The van der Waals surface area contributed by atoms with Gasteiger partial charge in [0.15, 0.2) is 5.78 Å². The third-order valence-corrected chi connectivity index (χ3v) is 10.2. The second kappa shape index (κ2) is 16.1. The van der Waals surface area contributed by atoms with E-state index in [0.717, 1.165) is 54.6 Å². The number of hydrogen-bond donors (Lipinski definition) is 1. The summed E-state index contributed by atoms with van der Waals surface area (Å²) in [6.45, 7) is 19.6. The quantitative estimate of drug-likeness (QED) is 0.0912. The van der Waals surface area contributed by atoms with Crippen LogP contribution in [0.25, 0.3) is 43.9 Å². The molecule has 6 rings (SSSR count). The summed E-state index contributed by atoms with van der Waals surface area (Å²) < 4.78 is 0. The number of aromatic nitrogens is 2. The normalized spacial score (nSPS) is 13.5. The van der Waals surface area contributed by atoms with Crippen molar-refractivity contribution >= 4 is 27.3 Å². The Labute approximate surface area is 313 Å². The topological polar surface area (TPSA) is 63.1 Å². The first-order chi connectivity index (χ1) is 23.3. The van der Waals surface area contributed by atoms with Gasteiger partial charge < -0.3 is 5.11 Å². The Morgan fingerprint density at radius 3 is 2.08 bits per heavy atom. The molecule has 50 heavy (non-hydrogen) atoms. The maximum atomic E-state index is 11.7. The second-order valence-electron chi connectivity index (χ2n) is 15.3. The fourth-order valence-corrected chi connectivity index (χ4v) is 7.52. The van der Waals surface area contributed by atoms with Crippen molar-refractivity contribution in [1.29, 1.82) is 0 Å². The van der Waals surface area contributed by atoms with Crippen LogP contribution in [-0.4, -0.2) is 20.9 Å². The average molecular weight is 846 g/mol. The van der Waals surface area contributed by atoms with Gasteiger partial charge in [0.1, 0.15) is 6.33 Å². The number of ketones is 1. The van der Waals surface area contributed by atoms with Gasteiger partial charge in [0, 0.05) is 43.4 Å². The first-order valence-corrected chi connectivity index (χ1v) is 18.1. The van der Waals surface area contributed by atoms with E-state index in [1.54, 1.807) is 6.33 Å². The van der Waals surface area contributed by atoms with E-state index in [4.69, 9.17) is 9.97 Å². The van der Waals surface area contributed by atoms with Crippen LogP contribution in [0.2, 0.25) is 0 Å². The maximum Gasteiger partial charge on any atom is 0.162 e. The third-order valence-electron chi connectivity index (χ3n) is 10.2. The molecule has 0 aliphatic heterocycles. The van der Waals surface area contributed by atoms with Crippen LogP contribution in [0.4, 0.5) is 0 Å². The molecule has 0 spiro atoms. The molecule has 0 saturated carbocycles. The van der Waals surface area contributed by atoms with E-state index >= 15 is 0 Å². The minimum Gasteiger partial charge on any atom is -0.512 e. The Morgan fingerprint density at radius 2 is 1.46 bits per heavy atom. The molecule has 0 atom stereocenters. The fraction of sp³-hybridized carbons (Fsp3) is 0.400. The summed E-state index contributed by atoms with van der Waals surface area (Å²) in [5.41, 5.74) is 8.26. The molecule has 0 saturated heterocycles. The van der Waals surface area contributed by atoms with Gasteiger partial charge in [0.2, 0.25) is 0 Å². The summed E-state index contributed by atoms with van der Waals surface area (Å²) in [6, 6.07) is 27.5. The van der Waals surface area contributed by atoms with E-state index < -0.39 is 0 Å². The number of aliphatic hydroxyl groups is 1. The number of allylic oxidation sites excluding steroid dienone is 2. The molecule has 5 aromatic rings. The van der Waals surface area contributed by atoms with Gasteiger partial charge >= 0.3 is 0 Å². The predicted octanol–water partition coefficient (Wildman–Crippen LogP) is 12.0. The molecular formula is C45H53IrN2O2-. The smallest absolute Gasteiger partial charge is 0.162 e. The number of carbonyl (C=O) groups is 1. The van der Waals surface area contributed by atoms with Gasteiger partial charge in [-0.2, -0.15) is 0 Å². The minimum absolute atomic E-state index is 0. The Morgan fingerprint density at radius 1 is 0.860 bits per heavy atom. The van der Waals surface area contributed by atoms with E-state index in [-0.39, 0.29) is 54.3 Å². The molecule has 0 bridgehead atoms. The van der Waals surface area contributed by atoms with Crippen molar-refractivity contribution in [3.63, 3.8) is 0 Å². The molecule has 265 valence electrons. The molecular weight excluding hydrogens is 793 g/mol. The zero-order valence-electron chi connectivity index (χ0n) is 31.3. The number of benzene rings is 4. The van der Waals surface area contributed by atoms with Crippen LogP contribution < -0.4 is 0 Å². The van der Waals surface area contributed by atoms with Gasteiger partial charge in [0.25, 0.3) is 0 Å². The van der Waals surface area contributed by atoms with Crippen LogP contribution in [-0.2, 0) is 36.7 Å². The number of aliphatic hydroxyl groups excluding tert-OH is 1. The van der Waals surface area contributed by atoms with Crippen molar-refractivity contribution in [1.82, 2.24) is 9.97 Å². The minimum atomic E-state index is -0.209. The average Bonchev–Trinajstić information content (AvgIpc) is 3.31. The molecule has 1 N–H and O–H groups in total. The third kappa shape index (κ3) is 7.95.